The third-order valence-electron chi connectivity index (χ3n) is 1.59. The summed E-state index contributed by atoms with van der Waals surface area (Å²) in [6.45, 7) is 7.90. The van der Waals surface area contributed by atoms with Crippen LogP contribution in [0.4, 0.5) is 0 Å². The normalized spacial score (nSPS) is 10.2. The van der Waals surface area contributed by atoms with Gasteiger partial charge in [-0.25, -0.2) is 0 Å². The lowest BCUT2D eigenvalue weighted by atomic mass is 10.4. The zero-order valence-corrected chi connectivity index (χ0v) is 8.55. The van der Waals surface area contributed by atoms with E-state index in [1.165, 1.54) is 0 Å². The van der Waals surface area contributed by atoms with Crippen LogP contribution in [0.5, 0.6) is 0 Å². The van der Waals surface area contributed by atoms with Crippen molar-refractivity contribution in [2.24, 2.45) is 0 Å². The first-order valence-corrected chi connectivity index (χ1v) is 4.80. The van der Waals surface area contributed by atoms with E-state index in [2.05, 4.69) is 11.9 Å². The van der Waals surface area contributed by atoms with Gasteiger partial charge in [0, 0.05) is 26.9 Å². The van der Waals surface area contributed by atoms with E-state index >= 15 is 0 Å². The van der Waals surface area contributed by atoms with Gasteiger partial charge in [0.25, 0.3) is 0 Å². The summed E-state index contributed by atoms with van der Waals surface area (Å²) >= 11 is 0. The van der Waals surface area contributed by atoms with Gasteiger partial charge in [-0.15, -0.1) is 6.58 Å². The first-order valence-electron chi connectivity index (χ1n) is 4.80. The summed E-state index contributed by atoms with van der Waals surface area (Å²) in [5.74, 6) is 0. The van der Waals surface area contributed by atoms with Gasteiger partial charge in [0.15, 0.2) is 0 Å². The summed E-state index contributed by atoms with van der Waals surface area (Å²) in [7, 11) is 1.71. The lowest BCUT2D eigenvalue weighted by Crippen LogP contribution is -2.20. The van der Waals surface area contributed by atoms with Gasteiger partial charge in [0.1, 0.15) is 0 Å². The van der Waals surface area contributed by atoms with Crippen LogP contribution in [0.15, 0.2) is 12.7 Å². The largest absolute Gasteiger partial charge is 0.385 e. The van der Waals surface area contributed by atoms with Crippen molar-refractivity contribution < 1.29 is 9.47 Å². The van der Waals surface area contributed by atoms with E-state index < -0.39 is 0 Å². The molecule has 78 valence electrons. The summed E-state index contributed by atoms with van der Waals surface area (Å²) in [5.41, 5.74) is 0. The first kappa shape index (κ1) is 12.6. The van der Waals surface area contributed by atoms with Gasteiger partial charge in [-0.3, -0.25) is 0 Å². The molecule has 0 aliphatic rings. The van der Waals surface area contributed by atoms with Crippen molar-refractivity contribution in [2.75, 3.05) is 40.0 Å². The Morgan fingerprint density at radius 2 is 2.08 bits per heavy atom. The second-order valence-electron chi connectivity index (χ2n) is 2.79. The van der Waals surface area contributed by atoms with Crippen molar-refractivity contribution in [2.45, 2.75) is 12.8 Å². The summed E-state index contributed by atoms with van der Waals surface area (Å²) in [6, 6.07) is 0. The Labute approximate surface area is 81.1 Å². The van der Waals surface area contributed by atoms with Gasteiger partial charge < -0.3 is 14.8 Å². The molecule has 0 heterocycles. The van der Waals surface area contributed by atoms with Crippen LogP contribution in [0.2, 0.25) is 0 Å². The van der Waals surface area contributed by atoms with E-state index in [4.69, 9.17) is 9.47 Å². The molecular formula is C10H21NO2. The van der Waals surface area contributed by atoms with E-state index in [9.17, 15) is 0 Å². The Morgan fingerprint density at radius 1 is 1.23 bits per heavy atom. The number of rotatable bonds is 10. The topological polar surface area (TPSA) is 30.5 Å². The first-order chi connectivity index (χ1) is 6.41. The Kier molecular flexibility index (Phi) is 11.3. The van der Waals surface area contributed by atoms with Crippen LogP contribution in [-0.2, 0) is 9.47 Å². The Bertz CT molecular complexity index is 107. The van der Waals surface area contributed by atoms with Crippen molar-refractivity contribution in [3.8, 4) is 0 Å². The van der Waals surface area contributed by atoms with Gasteiger partial charge in [-0.2, -0.15) is 0 Å². The highest BCUT2D eigenvalue weighted by molar-refractivity contribution is 4.67. The quantitative estimate of drug-likeness (QED) is 0.412. The third-order valence-corrected chi connectivity index (χ3v) is 1.59. The molecule has 0 rings (SSSR count). The molecule has 0 bridgehead atoms. The van der Waals surface area contributed by atoms with Crippen molar-refractivity contribution >= 4 is 0 Å². The molecule has 13 heavy (non-hydrogen) atoms. The Hall–Kier alpha value is -0.380. The lowest BCUT2D eigenvalue weighted by molar-refractivity contribution is 0.104. The highest BCUT2D eigenvalue weighted by Crippen LogP contribution is 1.82. The molecule has 0 saturated heterocycles. The monoisotopic (exact) mass is 187 g/mol. The third kappa shape index (κ3) is 11.6. The van der Waals surface area contributed by atoms with Crippen LogP contribution in [0.25, 0.3) is 0 Å². The number of ether oxygens (including phenoxy) is 2. The standard InChI is InChI=1S/C10H21NO2/c1-3-4-6-11-7-10-13-9-5-8-12-2/h3,11H,1,4-10H2,2H3. The molecule has 0 unspecified atom stereocenters. The molecule has 0 atom stereocenters. The van der Waals surface area contributed by atoms with Gasteiger partial charge >= 0.3 is 0 Å². The molecule has 0 fully saturated rings. The van der Waals surface area contributed by atoms with Crippen LogP contribution in [0.3, 0.4) is 0 Å². The molecule has 0 amide bonds. The summed E-state index contributed by atoms with van der Waals surface area (Å²) in [6.07, 6.45) is 3.90. The molecule has 0 radical (unpaired) electrons. The predicted octanol–water partition coefficient (Wildman–Crippen LogP) is 1.21. The highest BCUT2D eigenvalue weighted by atomic mass is 16.5. The highest BCUT2D eigenvalue weighted by Gasteiger charge is 1.88. The molecular weight excluding hydrogens is 166 g/mol. The van der Waals surface area contributed by atoms with E-state index in [1.807, 2.05) is 6.08 Å². The number of hydrogen-bond acceptors (Lipinski definition) is 3. The second-order valence-corrected chi connectivity index (χ2v) is 2.79. The maximum Gasteiger partial charge on any atom is 0.0590 e. The van der Waals surface area contributed by atoms with Crippen molar-refractivity contribution in [1.82, 2.24) is 5.32 Å². The minimum Gasteiger partial charge on any atom is -0.385 e. The zero-order chi connectivity index (χ0) is 9.78. The number of nitrogens with one attached hydrogen (secondary N) is 1. The SMILES string of the molecule is C=CCCNCCOCCCOC. The van der Waals surface area contributed by atoms with Gasteiger partial charge in [-0.1, -0.05) is 6.08 Å². The molecule has 0 aliphatic carbocycles. The molecule has 0 aliphatic heterocycles. The van der Waals surface area contributed by atoms with Crippen molar-refractivity contribution in [1.29, 1.82) is 0 Å². The Morgan fingerprint density at radius 3 is 2.77 bits per heavy atom. The molecule has 0 saturated carbocycles. The lowest BCUT2D eigenvalue weighted by Gasteiger charge is -2.04. The molecule has 3 nitrogen and oxygen atoms in total. The maximum atomic E-state index is 5.35. The van der Waals surface area contributed by atoms with Crippen LogP contribution in [-0.4, -0.2) is 40.0 Å². The molecule has 0 aromatic rings. The van der Waals surface area contributed by atoms with Crippen LogP contribution in [0, 0.1) is 0 Å². The van der Waals surface area contributed by atoms with E-state index in [1.54, 1.807) is 7.11 Å². The van der Waals surface area contributed by atoms with Crippen LogP contribution < -0.4 is 5.32 Å². The van der Waals surface area contributed by atoms with E-state index in [0.717, 1.165) is 45.8 Å². The predicted molar refractivity (Wildman–Crippen MR) is 55.0 cm³/mol. The molecule has 0 aromatic heterocycles. The maximum absolute atomic E-state index is 5.35. The van der Waals surface area contributed by atoms with Crippen LogP contribution >= 0.6 is 0 Å². The zero-order valence-electron chi connectivity index (χ0n) is 8.55. The van der Waals surface area contributed by atoms with E-state index in [-0.39, 0.29) is 0 Å². The summed E-state index contributed by atoms with van der Waals surface area (Å²) in [4.78, 5) is 0. The Balaban J connectivity index is 2.79. The summed E-state index contributed by atoms with van der Waals surface area (Å²) in [5, 5.41) is 3.25. The smallest absolute Gasteiger partial charge is 0.0590 e. The minimum absolute atomic E-state index is 0.779. The van der Waals surface area contributed by atoms with E-state index in [0.29, 0.717) is 0 Å². The van der Waals surface area contributed by atoms with Gasteiger partial charge in [0.05, 0.1) is 6.61 Å². The molecule has 0 spiro atoms. The van der Waals surface area contributed by atoms with Crippen LogP contribution in [0.1, 0.15) is 12.8 Å². The van der Waals surface area contributed by atoms with Gasteiger partial charge in [0.2, 0.25) is 0 Å². The molecule has 0 aromatic carbocycles. The van der Waals surface area contributed by atoms with Crippen molar-refractivity contribution in [3.63, 3.8) is 0 Å². The fraction of sp³-hybridized carbons (Fsp3) is 0.800. The second kappa shape index (κ2) is 11.6. The molecule has 1 N–H and O–H groups in total. The van der Waals surface area contributed by atoms with Gasteiger partial charge in [-0.05, 0) is 19.4 Å². The fourth-order valence-corrected chi connectivity index (χ4v) is 0.881. The molecule has 3 heteroatoms. The fourth-order valence-electron chi connectivity index (χ4n) is 0.881. The number of methoxy groups -OCH3 is 1. The average Bonchev–Trinajstić information content (AvgIpc) is 2.16. The summed E-state index contributed by atoms with van der Waals surface area (Å²) < 4.78 is 10.2. The van der Waals surface area contributed by atoms with Crippen molar-refractivity contribution in [3.05, 3.63) is 12.7 Å². The number of hydrogen-bond donors (Lipinski definition) is 1. The minimum atomic E-state index is 0.779. The average molecular weight is 187 g/mol.